The van der Waals surface area contributed by atoms with E-state index in [1.165, 1.54) is 31.2 Å². The molecule has 0 atom stereocenters. The van der Waals surface area contributed by atoms with E-state index in [0.717, 1.165) is 0 Å². The number of halogens is 3. The molecule has 0 saturated heterocycles. The molecule has 2 rings (SSSR count). The molecule has 0 N–H and O–H groups in total. The molecule has 1 aromatic carbocycles. The predicted octanol–water partition coefficient (Wildman–Crippen LogP) is 4.06. The molecule has 112 valence electrons. The molecule has 0 aliphatic heterocycles. The summed E-state index contributed by atoms with van der Waals surface area (Å²) in [6.45, 7) is 2.99. The van der Waals surface area contributed by atoms with Gasteiger partial charge >= 0.3 is 11.9 Å². The van der Waals surface area contributed by atoms with Crippen molar-refractivity contribution < 1.29 is 22.8 Å². The maximum Gasteiger partial charge on any atom is 0.377 e. The first-order chi connectivity index (χ1) is 9.87. The van der Waals surface area contributed by atoms with Crippen molar-refractivity contribution >= 4 is 21.9 Å². The summed E-state index contributed by atoms with van der Waals surface area (Å²) in [4.78, 5) is 11.7. The number of aryl methyl sites for hydroxylation is 1. The highest BCUT2D eigenvalue weighted by Crippen LogP contribution is 2.39. The highest BCUT2D eigenvalue weighted by Gasteiger charge is 2.43. The van der Waals surface area contributed by atoms with Crippen molar-refractivity contribution in [3.63, 3.8) is 0 Å². The normalized spacial score (nSPS) is 11.5. The van der Waals surface area contributed by atoms with Crippen LogP contribution in [0, 0.1) is 6.92 Å². The Morgan fingerprint density at radius 2 is 2.00 bits per heavy atom. The number of carbonyl (C=O) groups excluding carboxylic acids is 1. The highest BCUT2D eigenvalue weighted by atomic mass is 79.9. The Bertz CT molecular complexity index is 653. The Morgan fingerprint density at radius 1 is 1.38 bits per heavy atom. The van der Waals surface area contributed by atoms with Crippen LogP contribution in [0.3, 0.4) is 0 Å². The maximum absolute atomic E-state index is 14.7. The Kier molecular flexibility index (Phi) is 4.41. The van der Waals surface area contributed by atoms with Crippen LogP contribution in [-0.4, -0.2) is 17.7 Å². The summed E-state index contributed by atoms with van der Waals surface area (Å²) in [5, 5.41) is 3.46. The van der Waals surface area contributed by atoms with Gasteiger partial charge in [-0.15, -0.1) is 0 Å². The van der Waals surface area contributed by atoms with Crippen LogP contribution in [0.2, 0.25) is 0 Å². The second-order valence-electron chi connectivity index (χ2n) is 4.27. The lowest BCUT2D eigenvalue weighted by Crippen LogP contribution is -2.20. The fourth-order valence-corrected chi connectivity index (χ4v) is 2.14. The minimum Gasteiger partial charge on any atom is -0.460 e. The first-order valence-corrected chi connectivity index (χ1v) is 6.95. The van der Waals surface area contributed by atoms with E-state index in [0.29, 0.717) is 4.47 Å². The number of benzene rings is 1. The van der Waals surface area contributed by atoms with Crippen LogP contribution in [0.4, 0.5) is 8.78 Å². The van der Waals surface area contributed by atoms with Crippen molar-refractivity contribution in [3.05, 3.63) is 51.3 Å². The van der Waals surface area contributed by atoms with Crippen LogP contribution in [0.25, 0.3) is 0 Å². The third-order valence-corrected chi connectivity index (χ3v) is 3.37. The van der Waals surface area contributed by atoms with Crippen molar-refractivity contribution in [2.75, 3.05) is 6.61 Å². The van der Waals surface area contributed by atoms with Gasteiger partial charge in [0, 0.05) is 10.0 Å². The van der Waals surface area contributed by atoms with Gasteiger partial charge in [-0.1, -0.05) is 33.2 Å². The summed E-state index contributed by atoms with van der Waals surface area (Å²) >= 11 is 3.18. The number of hydrogen-bond donors (Lipinski definition) is 0. The zero-order valence-electron chi connectivity index (χ0n) is 11.3. The van der Waals surface area contributed by atoms with E-state index >= 15 is 0 Å². The molecular formula is C14H12BrF2NO3. The van der Waals surface area contributed by atoms with Crippen molar-refractivity contribution in [1.82, 2.24) is 5.16 Å². The molecule has 0 bridgehead atoms. The monoisotopic (exact) mass is 359 g/mol. The summed E-state index contributed by atoms with van der Waals surface area (Å²) in [5.41, 5.74) is -0.878. The number of aromatic nitrogens is 1. The van der Waals surface area contributed by atoms with Gasteiger partial charge in [0.1, 0.15) is 5.56 Å². The van der Waals surface area contributed by atoms with Gasteiger partial charge in [0.05, 0.1) is 12.3 Å². The van der Waals surface area contributed by atoms with Crippen LogP contribution in [0.5, 0.6) is 0 Å². The first-order valence-electron chi connectivity index (χ1n) is 6.15. The third-order valence-electron chi connectivity index (χ3n) is 2.84. The molecule has 0 saturated carbocycles. The third kappa shape index (κ3) is 2.97. The van der Waals surface area contributed by atoms with Gasteiger partial charge in [-0.05, 0) is 26.0 Å². The second-order valence-corrected chi connectivity index (χ2v) is 5.19. The average molecular weight is 360 g/mol. The number of hydrogen-bond acceptors (Lipinski definition) is 4. The maximum atomic E-state index is 14.7. The number of esters is 1. The van der Waals surface area contributed by atoms with Crippen LogP contribution in [0.15, 0.2) is 33.3 Å². The van der Waals surface area contributed by atoms with Crippen molar-refractivity contribution in [2.24, 2.45) is 0 Å². The van der Waals surface area contributed by atoms with Crippen molar-refractivity contribution in [3.8, 4) is 0 Å². The molecule has 1 heterocycles. The van der Waals surface area contributed by atoms with E-state index < -0.39 is 23.2 Å². The van der Waals surface area contributed by atoms with Crippen molar-refractivity contribution in [2.45, 2.75) is 19.8 Å². The molecule has 0 aliphatic carbocycles. The molecule has 21 heavy (non-hydrogen) atoms. The number of nitrogens with zero attached hydrogens (tertiary/aromatic N) is 1. The van der Waals surface area contributed by atoms with Crippen LogP contribution in [-0.2, 0) is 10.7 Å². The molecule has 0 fully saturated rings. The summed E-state index contributed by atoms with van der Waals surface area (Å²) < 4.78 is 39.4. The number of alkyl halides is 2. The molecule has 0 radical (unpaired) electrons. The Hall–Kier alpha value is -1.76. The summed E-state index contributed by atoms with van der Waals surface area (Å²) in [7, 11) is 0. The molecule has 0 spiro atoms. The number of carbonyl (C=O) groups is 1. The minimum atomic E-state index is -3.41. The molecule has 4 nitrogen and oxygen atoms in total. The molecule has 1 aromatic heterocycles. The Morgan fingerprint density at radius 3 is 2.57 bits per heavy atom. The standard InChI is InChI=1S/C14H12BrF2NO3/c1-3-20-13(19)12-11(8(2)18-21-12)14(16,17)9-4-6-10(15)7-5-9/h4-7H,3H2,1-2H3. The van der Waals surface area contributed by atoms with Gasteiger partial charge < -0.3 is 9.26 Å². The van der Waals surface area contributed by atoms with Gasteiger partial charge in [-0.3, -0.25) is 0 Å². The van der Waals surface area contributed by atoms with Gasteiger partial charge in [-0.2, -0.15) is 8.78 Å². The predicted molar refractivity (Wildman–Crippen MR) is 74.3 cm³/mol. The van der Waals surface area contributed by atoms with E-state index in [4.69, 9.17) is 9.26 Å². The molecule has 7 heteroatoms. The van der Waals surface area contributed by atoms with Gasteiger partial charge in [0.25, 0.3) is 5.76 Å². The van der Waals surface area contributed by atoms with Crippen LogP contribution < -0.4 is 0 Å². The zero-order chi connectivity index (χ0) is 15.6. The van der Waals surface area contributed by atoms with Gasteiger partial charge in [-0.25, -0.2) is 4.79 Å². The molecule has 0 aliphatic rings. The second kappa shape index (κ2) is 5.93. The van der Waals surface area contributed by atoms with E-state index in [9.17, 15) is 13.6 Å². The molecule has 0 unspecified atom stereocenters. The van der Waals surface area contributed by atoms with Crippen molar-refractivity contribution in [1.29, 1.82) is 0 Å². The largest absolute Gasteiger partial charge is 0.460 e. The fourth-order valence-electron chi connectivity index (χ4n) is 1.88. The lowest BCUT2D eigenvalue weighted by Gasteiger charge is -2.16. The molecular weight excluding hydrogens is 348 g/mol. The van der Waals surface area contributed by atoms with E-state index in [2.05, 4.69) is 21.1 Å². The van der Waals surface area contributed by atoms with E-state index in [-0.39, 0.29) is 17.9 Å². The fraction of sp³-hybridized carbons (Fsp3) is 0.286. The average Bonchev–Trinajstić information content (AvgIpc) is 2.82. The lowest BCUT2D eigenvalue weighted by atomic mass is 9.98. The quantitative estimate of drug-likeness (QED) is 0.772. The Labute approximate surface area is 128 Å². The van der Waals surface area contributed by atoms with Gasteiger partial charge in [0.15, 0.2) is 0 Å². The zero-order valence-corrected chi connectivity index (χ0v) is 12.9. The van der Waals surface area contributed by atoms with Crippen LogP contribution >= 0.6 is 15.9 Å². The van der Waals surface area contributed by atoms with E-state index in [1.54, 1.807) is 6.92 Å². The van der Waals surface area contributed by atoms with Gasteiger partial charge in [0.2, 0.25) is 0 Å². The summed E-state index contributed by atoms with van der Waals surface area (Å²) in [5.74, 6) is -4.93. The van der Waals surface area contributed by atoms with E-state index in [1.807, 2.05) is 0 Å². The number of rotatable bonds is 4. The lowest BCUT2D eigenvalue weighted by molar-refractivity contribution is 0.0320. The minimum absolute atomic E-state index is 0.0500. The highest BCUT2D eigenvalue weighted by molar-refractivity contribution is 9.10. The SMILES string of the molecule is CCOC(=O)c1onc(C)c1C(F)(F)c1ccc(Br)cc1. The smallest absolute Gasteiger partial charge is 0.377 e. The molecule has 0 amide bonds. The topological polar surface area (TPSA) is 52.3 Å². The Balaban J connectivity index is 2.51. The summed E-state index contributed by atoms with van der Waals surface area (Å²) in [6, 6.07) is 5.53. The summed E-state index contributed by atoms with van der Waals surface area (Å²) in [6.07, 6.45) is 0. The van der Waals surface area contributed by atoms with Crippen LogP contribution in [0.1, 0.15) is 34.3 Å². The first kappa shape index (κ1) is 15.6. The molecule has 2 aromatic rings. The number of ether oxygens (including phenoxy) is 1.